The zero-order valence-electron chi connectivity index (χ0n) is 14.5. The zero-order chi connectivity index (χ0) is 21.8. The van der Waals surface area contributed by atoms with Crippen molar-refractivity contribution < 1.29 is 26.7 Å². The number of rotatable bonds is 4. The maximum atomic E-state index is 14.0. The van der Waals surface area contributed by atoms with Gasteiger partial charge in [0.2, 0.25) is 0 Å². The fourth-order valence-corrected chi connectivity index (χ4v) is 2.21. The molecule has 0 saturated carbocycles. The molecule has 0 amide bonds. The maximum absolute atomic E-state index is 14.0. The second-order valence-electron chi connectivity index (χ2n) is 5.51. The lowest BCUT2D eigenvalue weighted by Gasteiger charge is -2.15. The van der Waals surface area contributed by atoms with Crippen LogP contribution in [0, 0.1) is 52.6 Å². The Morgan fingerprint density at radius 3 is 2.07 bits per heavy atom. The molecule has 10 heteroatoms. The molecule has 0 atom stereocenters. The molecule has 0 unspecified atom stereocenters. The summed E-state index contributed by atoms with van der Waals surface area (Å²) in [5, 5.41) is 29.3. The van der Waals surface area contributed by atoms with Gasteiger partial charge >= 0.3 is 6.18 Å². The van der Waals surface area contributed by atoms with E-state index in [1.165, 1.54) is 25.1 Å². The first-order valence-electron chi connectivity index (χ1n) is 7.67. The minimum absolute atomic E-state index is 0.110. The summed E-state index contributed by atoms with van der Waals surface area (Å²) in [6.07, 6.45) is -4.93. The Balaban J connectivity index is 2.44. The van der Waals surface area contributed by atoms with Crippen molar-refractivity contribution in [3.8, 4) is 29.7 Å². The molecule has 0 aliphatic rings. The molecule has 0 aliphatic carbocycles. The van der Waals surface area contributed by atoms with Crippen molar-refractivity contribution in [3.05, 3.63) is 64.4 Å². The zero-order valence-corrected chi connectivity index (χ0v) is 14.5. The van der Waals surface area contributed by atoms with E-state index in [9.17, 15) is 22.0 Å². The third-order valence-electron chi connectivity index (χ3n) is 3.67. The third kappa shape index (κ3) is 4.60. The number of nitrogens with one attached hydrogen (secondary N) is 1. The molecule has 0 heterocycles. The van der Waals surface area contributed by atoms with Crippen LogP contribution in [-0.4, -0.2) is 0 Å². The molecular formula is C19H9F5N4O. The van der Waals surface area contributed by atoms with Gasteiger partial charge in [-0.15, -0.1) is 0 Å². The Morgan fingerprint density at radius 1 is 1.00 bits per heavy atom. The number of hydrogen-bond donors (Lipinski definition) is 1. The molecule has 0 saturated heterocycles. The predicted molar refractivity (Wildman–Crippen MR) is 90.1 cm³/mol. The van der Waals surface area contributed by atoms with Gasteiger partial charge in [0.25, 0.3) is 0 Å². The molecule has 0 radical (unpaired) electrons. The molecule has 29 heavy (non-hydrogen) atoms. The average Bonchev–Trinajstić information content (AvgIpc) is 2.66. The van der Waals surface area contributed by atoms with Crippen LogP contribution in [-0.2, 0) is 6.18 Å². The summed E-state index contributed by atoms with van der Waals surface area (Å²) >= 11 is 0. The SMILES string of the molecule is Cc1c(NC(C#N)=C(C#N)C#N)cccc1Oc1c(F)cc(C(F)(F)F)cc1F. The summed E-state index contributed by atoms with van der Waals surface area (Å²) < 4.78 is 71.1. The van der Waals surface area contributed by atoms with Gasteiger partial charge < -0.3 is 10.1 Å². The van der Waals surface area contributed by atoms with Crippen LogP contribution in [0.1, 0.15) is 11.1 Å². The summed E-state index contributed by atoms with van der Waals surface area (Å²) in [7, 11) is 0. The average molecular weight is 404 g/mol. The fraction of sp³-hybridized carbons (Fsp3) is 0.105. The molecule has 2 aromatic rings. The van der Waals surface area contributed by atoms with E-state index in [0.29, 0.717) is 0 Å². The standard InChI is InChI=1S/C19H9F5N4O/c1-10-15(28-16(9-27)11(7-25)8-26)3-2-4-17(10)29-18-13(20)5-12(6-14(18)21)19(22,23)24/h2-6,28H,1H3. The number of benzene rings is 2. The van der Waals surface area contributed by atoms with Gasteiger partial charge in [-0.25, -0.2) is 8.78 Å². The molecule has 0 aliphatic heterocycles. The molecule has 5 nitrogen and oxygen atoms in total. The van der Waals surface area contributed by atoms with Crippen LogP contribution < -0.4 is 10.1 Å². The van der Waals surface area contributed by atoms with Crippen molar-refractivity contribution in [1.82, 2.24) is 0 Å². The number of nitrogens with zero attached hydrogens (tertiary/aromatic N) is 3. The Bertz CT molecular complexity index is 1080. The molecule has 146 valence electrons. The molecule has 2 aromatic carbocycles. The lowest BCUT2D eigenvalue weighted by Crippen LogP contribution is -2.07. The fourth-order valence-electron chi connectivity index (χ4n) is 2.21. The minimum Gasteiger partial charge on any atom is -0.451 e. The van der Waals surface area contributed by atoms with E-state index in [1.54, 1.807) is 18.2 Å². The van der Waals surface area contributed by atoms with E-state index in [-0.39, 0.29) is 34.8 Å². The summed E-state index contributed by atoms with van der Waals surface area (Å²) in [6, 6.07) is 9.05. The van der Waals surface area contributed by atoms with Crippen LogP contribution >= 0.6 is 0 Å². The van der Waals surface area contributed by atoms with Crippen LogP contribution in [0.3, 0.4) is 0 Å². The van der Waals surface area contributed by atoms with E-state index in [0.717, 1.165) is 0 Å². The predicted octanol–water partition coefficient (Wildman–Crippen LogP) is 5.32. The van der Waals surface area contributed by atoms with E-state index in [2.05, 4.69) is 5.32 Å². The molecule has 2 rings (SSSR count). The summed E-state index contributed by atoms with van der Waals surface area (Å²) in [6.45, 7) is 1.44. The van der Waals surface area contributed by atoms with Crippen molar-refractivity contribution >= 4 is 5.69 Å². The second kappa shape index (κ2) is 8.28. The van der Waals surface area contributed by atoms with Gasteiger partial charge in [-0.2, -0.15) is 29.0 Å². The third-order valence-corrected chi connectivity index (χ3v) is 3.67. The molecule has 1 N–H and O–H groups in total. The van der Waals surface area contributed by atoms with Crippen LogP contribution in [0.5, 0.6) is 11.5 Å². The first-order valence-corrected chi connectivity index (χ1v) is 7.67. The van der Waals surface area contributed by atoms with Crippen molar-refractivity contribution in [2.24, 2.45) is 0 Å². The lowest BCUT2D eigenvalue weighted by atomic mass is 10.1. The summed E-state index contributed by atoms with van der Waals surface area (Å²) in [5.41, 5.74) is -1.96. The molecule has 0 bridgehead atoms. The Morgan fingerprint density at radius 2 is 1.59 bits per heavy atom. The number of halogens is 5. The first kappa shape index (κ1) is 21.2. The minimum atomic E-state index is -4.93. The highest BCUT2D eigenvalue weighted by molar-refractivity contribution is 5.64. The normalized spacial score (nSPS) is 10.3. The van der Waals surface area contributed by atoms with Crippen LogP contribution in [0.4, 0.5) is 27.6 Å². The van der Waals surface area contributed by atoms with E-state index < -0.39 is 34.7 Å². The maximum Gasteiger partial charge on any atom is 0.416 e. The van der Waals surface area contributed by atoms with Crippen LogP contribution in [0.2, 0.25) is 0 Å². The number of alkyl halides is 3. The van der Waals surface area contributed by atoms with Gasteiger partial charge in [0.1, 0.15) is 29.7 Å². The highest BCUT2D eigenvalue weighted by Gasteiger charge is 2.33. The van der Waals surface area contributed by atoms with Gasteiger partial charge in [-0.3, -0.25) is 0 Å². The van der Waals surface area contributed by atoms with Gasteiger partial charge in [0.15, 0.2) is 23.0 Å². The van der Waals surface area contributed by atoms with E-state index >= 15 is 0 Å². The molecule has 0 spiro atoms. The Kier molecular flexibility index (Phi) is 6.06. The van der Waals surface area contributed by atoms with E-state index in [4.69, 9.17) is 20.5 Å². The Hall–Kier alpha value is -4.10. The van der Waals surface area contributed by atoms with Gasteiger partial charge in [0, 0.05) is 11.3 Å². The lowest BCUT2D eigenvalue weighted by molar-refractivity contribution is -0.138. The molecule has 0 fully saturated rings. The van der Waals surface area contributed by atoms with Gasteiger partial charge in [-0.1, -0.05) is 6.07 Å². The van der Waals surface area contributed by atoms with Gasteiger partial charge in [-0.05, 0) is 31.2 Å². The number of allylic oxidation sites excluding steroid dienone is 2. The molecular weight excluding hydrogens is 395 g/mol. The van der Waals surface area contributed by atoms with Crippen LogP contribution in [0.25, 0.3) is 0 Å². The number of hydrogen-bond acceptors (Lipinski definition) is 5. The second-order valence-corrected chi connectivity index (χ2v) is 5.51. The Labute approximate surface area is 161 Å². The largest absolute Gasteiger partial charge is 0.451 e. The highest BCUT2D eigenvalue weighted by Crippen LogP contribution is 2.37. The topological polar surface area (TPSA) is 92.6 Å². The number of nitriles is 3. The van der Waals surface area contributed by atoms with Crippen molar-refractivity contribution in [2.75, 3.05) is 5.32 Å². The number of ether oxygens (including phenoxy) is 1. The highest BCUT2D eigenvalue weighted by atomic mass is 19.4. The van der Waals surface area contributed by atoms with Crippen molar-refractivity contribution in [3.63, 3.8) is 0 Å². The van der Waals surface area contributed by atoms with Crippen molar-refractivity contribution in [2.45, 2.75) is 13.1 Å². The monoisotopic (exact) mass is 404 g/mol. The van der Waals surface area contributed by atoms with E-state index in [1.807, 2.05) is 0 Å². The quantitative estimate of drug-likeness (QED) is 0.550. The number of anilines is 1. The molecule has 0 aromatic heterocycles. The van der Waals surface area contributed by atoms with Gasteiger partial charge in [0.05, 0.1) is 5.56 Å². The van der Waals surface area contributed by atoms with Crippen LogP contribution in [0.15, 0.2) is 41.6 Å². The summed E-state index contributed by atoms with van der Waals surface area (Å²) in [5.74, 6) is -4.27. The smallest absolute Gasteiger partial charge is 0.416 e. The van der Waals surface area contributed by atoms with Crippen molar-refractivity contribution in [1.29, 1.82) is 15.8 Å². The summed E-state index contributed by atoms with van der Waals surface area (Å²) in [4.78, 5) is 0. The first-order chi connectivity index (χ1) is 13.6.